The predicted molar refractivity (Wildman–Crippen MR) is 122 cm³/mol. The average Bonchev–Trinajstić information content (AvgIpc) is 3.32. The molecule has 1 aliphatic carbocycles. The van der Waals surface area contributed by atoms with Crippen LogP contribution in [0.4, 0.5) is 0 Å². The third kappa shape index (κ3) is 4.82. The molecule has 2 aromatic rings. The topological polar surface area (TPSA) is 109 Å². The van der Waals surface area contributed by atoms with Gasteiger partial charge in [0, 0.05) is 19.0 Å². The Balaban J connectivity index is 1.42. The van der Waals surface area contributed by atoms with Gasteiger partial charge in [-0.3, -0.25) is 4.79 Å². The van der Waals surface area contributed by atoms with Crippen LogP contribution in [0.15, 0.2) is 47.4 Å². The van der Waals surface area contributed by atoms with Crippen LogP contribution in [0.5, 0.6) is 11.5 Å². The van der Waals surface area contributed by atoms with E-state index in [-0.39, 0.29) is 22.8 Å². The van der Waals surface area contributed by atoms with Gasteiger partial charge in [0.05, 0.1) is 23.1 Å². The molecule has 0 spiro atoms. The molecule has 0 atom stereocenters. The fourth-order valence-electron chi connectivity index (χ4n) is 4.48. The maximum atomic E-state index is 12.8. The summed E-state index contributed by atoms with van der Waals surface area (Å²) in [5.74, 6) is 1.10. The van der Waals surface area contributed by atoms with Gasteiger partial charge in [0.1, 0.15) is 13.2 Å². The number of hydrogen-bond donors (Lipinski definition) is 1. The number of sulfonamides is 1. The number of nitrogens with one attached hydrogen (secondary N) is 1. The van der Waals surface area contributed by atoms with Crippen molar-refractivity contribution in [2.24, 2.45) is 0 Å². The zero-order valence-electron chi connectivity index (χ0n) is 18.5. The number of ether oxygens (including phenoxy) is 2. The predicted octanol–water partition coefficient (Wildman–Crippen LogP) is 2.58. The number of carbonyl (C=O) groups is 1. The summed E-state index contributed by atoms with van der Waals surface area (Å²) in [5.41, 5.74) is 1.26. The minimum absolute atomic E-state index is 0.0420. The van der Waals surface area contributed by atoms with E-state index in [1.165, 1.54) is 31.3 Å². The SMILES string of the molecule is CN(CC(=O)NCC1(c2ccc3c(c2)OCCO3)CCCC1)S(=O)(=O)c1ccc(C#N)cc1. The molecule has 33 heavy (non-hydrogen) atoms. The summed E-state index contributed by atoms with van der Waals surface area (Å²) < 4.78 is 38.0. The Kier molecular flexibility index (Phi) is 6.58. The first-order valence-corrected chi connectivity index (χ1v) is 12.4. The molecule has 1 saturated carbocycles. The average molecular weight is 470 g/mol. The quantitative estimate of drug-likeness (QED) is 0.668. The lowest BCUT2D eigenvalue weighted by Gasteiger charge is -2.31. The molecule has 0 unspecified atom stereocenters. The second-order valence-corrected chi connectivity index (χ2v) is 10.6. The van der Waals surface area contributed by atoms with E-state index in [4.69, 9.17) is 14.7 Å². The minimum Gasteiger partial charge on any atom is -0.486 e. The van der Waals surface area contributed by atoms with E-state index in [0.29, 0.717) is 25.3 Å². The maximum Gasteiger partial charge on any atom is 0.243 e. The van der Waals surface area contributed by atoms with Gasteiger partial charge in [0.15, 0.2) is 11.5 Å². The van der Waals surface area contributed by atoms with E-state index in [2.05, 4.69) is 5.32 Å². The van der Waals surface area contributed by atoms with E-state index in [9.17, 15) is 13.2 Å². The van der Waals surface area contributed by atoms with Crippen molar-refractivity contribution in [3.8, 4) is 17.6 Å². The number of nitrogens with zero attached hydrogens (tertiary/aromatic N) is 2. The number of carbonyl (C=O) groups excluding carboxylic acids is 1. The normalized spacial score (nSPS) is 16.9. The lowest BCUT2D eigenvalue weighted by atomic mass is 9.78. The fraction of sp³-hybridized carbons (Fsp3) is 0.417. The molecular weight excluding hydrogens is 442 g/mol. The largest absolute Gasteiger partial charge is 0.486 e. The van der Waals surface area contributed by atoms with Crippen molar-refractivity contribution in [2.75, 3.05) is 33.4 Å². The zero-order chi connectivity index (χ0) is 23.5. The molecule has 2 aliphatic rings. The van der Waals surface area contributed by atoms with E-state index in [1.54, 1.807) is 0 Å². The highest BCUT2D eigenvalue weighted by Crippen LogP contribution is 2.43. The number of benzene rings is 2. The van der Waals surface area contributed by atoms with Gasteiger partial charge in [-0.2, -0.15) is 9.57 Å². The maximum absolute atomic E-state index is 12.8. The zero-order valence-corrected chi connectivity index (χ0v) is 19.4. The van der Waals surface area contributed by atoms with Crippen LogP contribution in [0.2, 0.25) is 0 Å². The van der Waals surface area contributed by atoms with Crippen molar-refractivity contribution in [3.63, 3.8) is 0 Å². The fourth-order valence-corrected chi connectivity index (χ4v) is 5.61. The first kappa shape index (κ1) is 23.1. The van der Waals surface area contributed by atoms with Gasteiger partial charge in [0.25, 0.3) is 0 Å². The Bertz CT molecular complexity index is 1170. The number of amides is 1. The van der Waals surface area contributed by atoms with Crippen LogP contribution in [-0.4, -0.2) is 52.0 Å². The lowest BCUT2D eigenvalue weighted by molar-refractivity contribution is -0.121. The molecule has 1 amide bonds. The van der Waals surface area contributed by atoms with Gasteiger partial charge < -0.3 is 14.8 Å². The summed E-state index contributed by atoms with van der Waals surface area (Å²) in [6, 6.07) is 13.5. The van der Waals surface area contributed by atoms with Gasteiger partial charge in [-0.25, -0.2) is 8.42 Å². The highest BCUT2D eigenvalue weighted by atomic mass is 32.2. The Morgan fingerprint density at radius 3 is 2.42 bits per heavy atom. The summed E-state index contributed by atoms with van der Waals surface area (Å²) in [6.07, 6.45) is 4.01. The third-order valence-electron chi connectivity index (χ3n) is 6.40. The lowest BCUT2D eigenvalue weighted by Crippen LogP contribution is -2.44. The molecule has 0 saturated heterocycles. The van der Waals surface area contributed by atoms with Crippen LogP contribution in [0, 0.1) is 11.3 Å². The molecule has 174 valence electrons. The van der Waals surface area contributed by atoms with E-state index in [0.717, 1.165) is 47.1 Å². The second-order valence-electron chi connectivity index (χ2n) is 8.52. The van der Waals surface area contributed by atoms with Crippen LogP contribution in [0.3, 0.4) is 0 Å². The summed E-state index contributed by atoms with van der Waals surface area (Å²) in [4.78, 5) is 12.7. The second kappa shape index (κ2) is 9.41. The molecule has 1 aliphatic heterocycles. The smallest absolute Gasteiger partial charge is 0.243 e. The number of likely N-dealkylation sites (N-methyl/N-ethyl adjacent to an activating group) is 1. The summed E-state index contributed by atoms with van der Waals surface area (Å²) in [6.45, 7) is 1.18. The van der Waals surface area contributed by atoms with Gasteiger partial charge >= 0.3 is 0 Å². The van der Waals surface area contributed by atoms with Gasteiger partial charge in [-0.1, -0.05) is 18.9 Å². The van der Waals surface area contributed by atoms with Crippen LogP contribution >= 0.6 is 0 Å². The molecule has 0 radical (unpaired) electrons. The Morgan fingerprint density at radius 2 is 1.76 bits per heavy atom. The van der Waals surface area contributed by atoms with Gasteiger partial charge in [-0.15, -0.1) is 0 Å². The molecule has 0 bridgehead atoms. The third-order valence-corrected chi connectivity index (χ3v) is 8.21. The van der Waals surface area contributed by atoms with Crippen molar-refractivity contribution in [1.29, 1.82) is 5.26 Å². The first-order valence-electron chi connectivity index (χ1n) is 11.0. The number of rotatable bonds is 7. The van der Waals surface area contributed by atoms with E-state index in [1.807, 2.05) is 24.3 Å². The molecular formula is C24H27N3O5S. The van der Waals surface area contributed by atoms with Crippen molar-refractivity contribution < 1.29 is 22.7 Å². The monoisotopic (exact) mass is 469 g/mol. The highest BCUT2D eigenvalue weighted by molar-refractivity contribution is 7.89. The minimum atomic E-state index is -3.84. The molecule has 2 aromatic carbocycles. The summed E-state index contributed by atoms with van der Waals surface area (Å²) in [7, 11) is -2.47. The van der Waals surface area contributed by atoms with E-state index >= 15 is 0 Å². The number of hydrogen-bond acceptors (Lipinski definition) is 6. The van der Waals surface area contributed by atoms with Crippen molar-refractivity contribution in [3.05, 3.63) is 53.6 Å². The number of nitriles is 1. The molecule has 0 aromatic heterocycles. The Morgan fingerprint density at radius 1 is 1.09 bits per heavy atom. The van der Waals surface area contributed by atoms with Crippen LogP contribution in [0.25, 0.3) is 0 Å². The standard InChI is InChI=1S/C24H27N3O5S/c1-27(33(29,30)20-7-4-18(15-25)5-8-20)16-23(28)26-17-24(10-2-3-11-24)19-6-9-21-22(14-19)32-13-12-31-21/h4-9,14H,2-3,10-13,16-17H2,1H3,(H,26,28). The molecule has 1 heterocycles. The molecule has 1 N–H and O–H groups in total. The van der Waals surface area contributed by atoms with Crippen molar-refractivity contribution in [1.82, 2.24) is 9.62 Å². The van der Waals surface area contributed by atoms with Crippen molar-refractivity contribution >= 4 is 15.9 Å². The Hall–Kier alpha value is -3.09. The number of fused-ring (bicyclic) bond motifs is 1. The molecule has 9 heteroatoms. The van der Waals surface area contributed by atoms with Crippen LogP contribution in [0.1, 0.15) is 36.8 Å². The summed E-state index contributed by atoms with van der Waals surface area (Å²) >= 11 is 0. The molecule has 8 nitrogen and oxygen atoms in total. The summed E-state index contributed by atoms with van der Waals surface area (Å²) in [5, 5.41) is 11.9. The Labute approximate surface area is 194 Å². The molecule has 4 rings (SSSR count). The van der Waals surface area contributed by atoms with Crippen LogP contribution in [-0.2, 0) is 20.2 Å². The molecule has 1 fully saturated rings. The van der Waals surface area contributed by atoms with Gasteiger partial charge in [-0.05, 0) is 54.8 Å². The van der Waals surface area contributed by atoms with Crippen LogP contribution < -0.4 is 14.8 Å². The van der Waals surface area contributed by atoms with Crippen molar-refractivity contribution in [2.45, 2.75) is 36.0 Å². The highest BCUT2D eigenvalue weighted by Gasteiger charge is 2.37. The van der Waals surface area contributed by atoms with Gasteiger partial charge in [0.2, 0.25) is 15.9 Å². The first-order chi connectivity index (χ1) is 15.8. The van der Waals surface area contributed by atoms with E-state index < -0.39 is 10.0 Å².